The van der Waals surface area contributed by atoms with Crippen LogP contribution < -0.4 is 10.6 Å². The van der Waals surface area contributed by atoms with E-state index in [0.717, 1.165) is 37.0 Å². The third-order valence-corrected chi connectivity index (χ3v) is 5.94. The summed E-state index contributed by atoms with van der Waals surface area (Å²) < 4.78 is 1.72. The van der Waals surface area contributed by atoms with Crippen LogP contribution in [0.1, 0.15) is 35.2 Å². The molecule has 3 aromatic rings. The van der Waals surface area contributed by atoms with E-state index in [1.807, 2.05) is 24.0 Å². The monoisotopic (exact) mass is 440 g/mol. The number of halogens is 1. The van der Waals surface area contributed by atoms with Gasteiger partial charge in [0.25, 0.3) is 5.91 Å². The number of aromatic nitrogens is 3. The van der Waals surface area contributed by atoms with Gasteiger partial charge in [0.2, 0.25) is 0 Å². The predicted octanol–water partition coefficient (Wildman–Crippen LogP) is 3.84. The number of benzene rings is 2. The molecule has 162 valence electrons. The highest BCUT2D eigenvalue weighted by atomic mass is 35.5. The van der Waals surface area contributed by atoms with Gasteiger partial charge in [-0.2, -0.15) is 0 Å². The molecule has 2 N–H and O–H groups in total. The molecule has 0 saturated carbocycles. The maximum atomic E-state index is 12.7. The fraction of sp³-hybridized carbons (Fsp3) is 0.364. The van der Waals surface area contributed by atoms with Crippen molar-refractivity contribution >= 4 is 40.3 Å². The van der Waals surface area contributed by atoms with Gasteiger partial charge >= 0.3 is 6.03 Å². The van der Waals surface area contributed by atoms with Crippen LogP contribution in [-0.4, -0.2) is 51.5 Å². The average Bonchev–Trinajstić information content (AvgIpc) is 3.19. The molecule has 4 rings (SSSR count). The Labute approximate surface area is 185 Å². The second kappa shape index (κ2) is 9.34. The number of anilines is 1. The van der Waals surface area contributed by atoms with Crippen LogP contribution in [0.3, 0.4) is 0 Å². The van der Waals surface area contributed by atoms with Crippen LogP contribution in [0, 0.1) is 6.92 Å². The number of likely N-dealkylation sites (tertiary alicyclic amines) is 1. The third-order valence-electron chi connectivity index (χ3n) is 5.53. The number of nitrogens with one attached hydrogen (secondary N) is 2. The summed E-state index contributed by atoms with van der Waals surface area (Å²) in [7, 11) is 0. The Morgan fingerprint density at radius 2 is 1.94 bits per heavy atom. The Morgan fingerprint density at radius 1 is 1.13 bits per heavy atom. The van der Waals surface area contributed by atoms with Gasteiger partial charge in [0.1, 0.15) is 5.52 Å². The summed E-state index contributed by atoms with van der Waals surface area (Å²) in [5, 5.41) is 14.6. The minimum atomic E-state index is -0.316. The molecular weight excluding hydrogens is 416 g/mol. The van der Waals surface area contributed by atoms with Crippen molar-refractivity contribution in [2.75, 3.05) is 25.0 Å². The Morgan fingerprint density at radius 3 is 2.74 bits per heavy atom. The van der Waals surface area contributed by atoms with E-state index >= 15 is 0 Å². The first-order chi connectivity index (χ1) is 15.0. The number of carbonyl (C=O) groups is 2. The van der Waals surface area contributed by atoms with Crippen LogP contribution >= 0.6 is 11.6 Å². The van der Waals surface area contributed by atoms with Crippen molar-refractivity contribution in [3.05, 3.63) is 52.5 Å². The lowest BCUT2D eigenvalue weighted by atomic mass is 10.1. The van der Waals surface area contributed by atoms with Crippen LogP contribution in [0.15, 0.2) is 36.4 Å². The van der Waals surface area contributed by atoms with Crippen molar-refractivity contribution in [3.63, 3.8) is 0 Å². The highest BCUT2D eigenvalue weighted by Crippen LogP contribution is 2.22. The van der Waals surface area contributed by atoms with Gasteiger partial charge in [-0.3, -0.25) is 4.79 Å². The van der Waals surface area contributed by atoms with Gasteiger partial charge in [-0.15, -0.1) is 5.10 Å². The molecule has 1 aromatic heterocycles. The Balaban J connectivity index is 1.35. The number of urea groups is 1. The van der Waals surface area contributed by atoms with Gasteiger partial charge in [0, 0.05) is 35.9 Å². The zero-order valence-electron chi connectivity index (χ0n) is 17.4. The molecule has 2 aromatic carbocycles. The SMILES string of the molecule is Cc1c(Cl)cccc1NC(=O)NCCn1nnc2cc(C(=O)N3CCCCC3)ccc21. The van der Waals surface area contributed by atoms with Gasteiger partial charge in [-0.25, -0.2) is 9.48 Å². The molecule has 0 unspecified atom stereocenters. The van der Waals surface area contributed by atoms with Crippen LogP contribution in [0.4, 0.5) is 10.5 Å². The molecule has 1 aliphatic rings. The summed E-state index contributed by atoms with van der Waals surface area (Å²) in [6, 6.07) is 10.5. The standard InChI is InChI=1S/C22H25ClN6O2/c1-15-17(23)6-5-7-18(15)25-22(31)24-10-13-29-20-9-8-16(14-19(20)26-27-29)21(30)28-11-3-2-4-12-28/h5-9,14H,2-4,10-13H2,1H3,(H2,24,25,31). The Kier molecular flexibility index (Phi) is 6.36. The van der Waals surface area contributed by atoms with Crippen molar-refractivity contribution < 1.29 is 9.59 Å². The van der Waals surface area contributed by atoms with Crippen LogP contribution in [0.5, 0.6) is 0 Å². The smallest absolute Gasteiger partial charge is 0.319 e. The van der Waals surface area contributed by atoms with Gasteiger partial charge in [0.15, 0.2) is 0 Å². The number of rotatable bonds is 5. The Hall–Kier alpha value is -3.13. The molecule has 0 atom stereocenters. The molecular formula is C22H25ClN6O2. The number of nitrogens with zero attached hydrogens (tertiary/aromatic N) is 4. The normalized spacial score (nSPS) is 13.9. The maximum Gasteiger partial charge on any atom is 0.319 e. The van der Waals surface area contributed by atoms with Crippen LogP contribution in [0.25, 0.3) is 11.0 Å². The molecule has 8 nitrogen and oxygen atoms in total. The molecule has 2 heterocycles. The van der Waals surface area contributed by atoms with Gasteiger partial charge in [0.05, 0.1) is 12.1 Å². The lowest BCUT2D eigenvalue weighted by Crippen LogP contribution is -2.35. The fourth-order valence-electron chi connectivity index (χ4n) is 3.73. The first-order valence-electron chi connectivity index (χ1n) is 10.5. The molecule has 31 heavy (non-hydrogen) atoms. The molecule has 0 aliphatic carbocycles. The molecule has 1 aliphatic heterocycles. The first-order valence-corrected chi connectivity index (χ1v) is 10.8. The van der Waals surface area contributed by atoms with E-state index in [1.165, 1.54) is 6.42 Å². The van der Waals surface area contributed by atoms with E-state index in [2.05, 4.69) is 20.9 Å². The fourth-order valence-corrected chi connectivity index (χ4v) is 3.91. The summed E-state index contributed by atoms with van der Waals surface area (Å²) in [5.41, 5.74) is 3.61. The molecule has 0 bridgehead atoms. The van der Waals surface area contributed by atoms with Crippen molar-refractivity contribution in [3.8, 4) is 0 Å². The summed E-state index contributed by atoms with van der Waals surface area (Å²) >= 11 is 6.09. The second-order valence-corrected chi connectivity index (χ2v) is 8.07. The summed E-state index contributed by atoms with van der Waals surface area (Å²) in [6.45, 7) is 4.30. The zero-order valence-corrected chi connectivity index (χ0v) is 18.2. The lowest BCUT2D eigenvalue weighted by molar-refractivity contribution is 0.0724. The molecule has 3 amide bonds. The highest BCUT2D eigenvalue weighted by Gasteiger charge is 2.19. The maximum absolute atomic E-state index is 12.7. The van der Waals surface area contributed by atoms with Gasteiger partial charge in [-0.05, 0) is 62.1 Å². The third kappa shape index (κ3) is 4.80. The number of piperidine rings is 1. The largest absolute Gasteiger partial charge is 0.339 e. The minimum Gasteiger partial charge on any atom is -0.339 e. The molecule has 1 saturated heterocycles. The van der Waals surface area contributed by atoms with E-state index in [4.69, 9.17) is 11.6 Å². The van der Waals surface area contributed by atoms with Gasteiger partial charge < -0.3 is 15.5 Å². The highest BCUT2D eigenvalue weighted by molar-refractivity contribution is 6.31. The number of hydrogen-bond acceptors (Lipinski definition) is 4. The summed E-state index contributed by atoms with van der Waals surface area (Å²) in [4.78, 5) is 26.8. The topological polar surface area (TPSA) is 92.1 Å². The molecule has 0 radical (unpaired) electrons. The van der Waals surface area contributed by atoms with Crippen molar-refractivity contribution in [2.45, 2.75) is 32.7 Å². The average molecular weight is 441 g/mol. The van der Waals surface area contributed by atoms with Crippen molar-refractivity contribution in [1.29, 1.82) is 0 Å². The quantitative estimate of drug-likeness (QED) is 0.630. The predicted molar refractivity (Wildman–Crippen MR) is 120 cm³/mol. The number of fused-ring (bicyclic) bond motifs is 1. The molecule has 9 heteroatoms. The zero-order chi connectivity index (χ0) is 21.8. The summed E-state index contributed by atoms with van der Waals surface area (Å²) in [6.07, 6.45) is 3.30. The van der Waals surface area contributed by atoms with Crippen molar-refractivity contribution in [1.82, 2.24) is 25.2 Å². The minimum absolute atomic E-state index is 0.0470. The van der Waals surface area contributed by atoms with E-state index in [0.29, 0.717) is 34.9 Å². The number of amides is 3. The lowest BCUT2D eigenvalue weighted by Gasteiger charge is -2.26. The van der Waals surface area contributed by atoms with Crippen molar-refractivity contribution in [2.24, 2.45) is 0 Å². The first kappa shape index (κ1) is 21.1. The van der Waals surface area contributed by atoms with Crippen LogP contribution in [-0.2, 0) is 6.54 Å². The van der Waals surface area contributed by atoms with Gasteiger partial charge in [-0.1, -0.05) is 22.9 Å². The van der Waals surface area contributed by atoms with Crippen LogP contribution in [0.2, 0.25) is 5.02 Å². The molecule has 1 fully saturated rings. The number of hydrogen-bond donors (Lipinski definition) is 2. The van der Waals surface area contributed by atoms with E-state index in [9.17, 15) is 9.59 Å². The number of carbonyl (C=O) groups excluding carboxylic acids is 2. The van der Waals surface area contributed by atoms with E-state index in [-0.39, 0.29) is 11.9 Å². The van der Waals surface area contributed by atoms with E-state index < -0.39 is 0 Å². The molecule has 0 spiro atoms. The van der Waals surface area contributed by atoms with E-state index in [1.54, 1.807) is 28.9 Å². The summed E-state index contributed by atoms with van der Waals surface area (Å²) in [5.74, 6) is 0.0470. The second-order valence-electron chi connectivity index (χ2n) is 7.66. The Bertz CT molecular complexity index is 1110.